The third-order valence-corrected chi connectivity index (χ3v) is 5.77. The van der Waals surface area contributed by atoms with Gasteiger partial charge in [0.05, 0.1) is 23.8 Å². The molecule has 1 saturated heterocycles. The molecule has 0 spiro atoms. The van der Waals surface area contributed by atoms with Crippen molar-refractivity contribution in [2.24, 2.45) is 0 Å². The number of aromatic nitrogens is 2. The normalized spacial score (nSPS) is 16.3. The number of carbonyl (C=O) groups excluding carboxylic acids is 1. The highest BCUT2D eigenvalue weighted by Gasteiger charge is 2.31. The van der Waals surface area contributed by atoms with Gasteiger partial charge in [-0.25, -0.2) is 8.78 Å². The predicted octanol–water partition coefficient (Wildman–Crippen LogP) is 4.35. The molecule has 1 aliphatic heterocycles. The molecule has 1 amide bonds. The van der Waals surface area contributed by atoms with Gasteiger partial charge in [-0.1, -0.05) is 17.3 Å². The minimum atomic E-state index is -4.47. The van der Waals surface area contributed by atoms with Crippen molar-refractivity contribution >= 4 is 11.6 Å². The number of nitrogens with zero attached hydrogens (tertiary/aromatic N) is 4. The molecular weight excluding hydrogens is 473 g/mol. The first-order valence-corrected chi connectivity index (χ1v) is 10.8. The quantitative estimate of drug-likeness (QED) is 0.513. The van der Waals surface area contributed by atoms with Crippen LogP contribution in [0.1, 0.15) is 24.4 Å². The van der Waals surface area contributed by atoms with E-state index in [1.54, 1.807) is 0 Å². The summed E-state index contributed by atoms with van der Waals surface area (Å²) >= 11 is 0. The Kier molecular flexibility index (Phi) is 7.13. The van der Waals surface area contributed by atoms with Crippen molar-refractivity contribution in [2.75, 3.05) is 38.0 Å². The van der Waals surface area contributed by atoms with E-state index < -0.39 is 29.3 Å². The molecule has 186 valence electrons. The summed E-state index contributed by atoms with van der Waals surface area (Å²) in [6.07, 6.45) is -4.47. The van der Waals surface area contributed by atoms with Crippen molar-refractivity contribution in [3.8, 4) is 11.4 Å². The second-order valence-corrected chi connectivity index (χ2v) is 8.20. The van der Waals surface area contributed by atoms with Crippen LogP contribution < -0.4 is 5.32 Å². The fraction of sp³-hybridized carbons (Fsp3) is 0.348. The standard InChI is InChI=1S/C23H22F5N5O2/c1-14(22-30-21(31-35-22)15-3-2-4-16(11-15)23(26,27)28)33-9-7-32(8-10-33)13-20(34)29-19-12-17(24)5-6-18(19)25/h2-6,11-12,14H,7-10,13H2,1H3,(H,29,34). The zero-order chi connectivity index (χ0) is 25.2. The Morgan fingerprint density at radius 1 is 1.11 bits per heavy atom. The van der Waals surface area contributed by atoms with Crippen LogP contribution in [0.2, 0.25) is 0 Å². The van der Waals surface area contributed by atoms with Crippen LogP contribution in [0.3, 0.4) is 0 Å². The second-order valence-electron chi connectivity index (χ2n) is 8.20. The van der Waals surface area contributed by atoms with Gasteiger partial charge in [-0.2, -0.15) is 18.2 Å². The molecular formula is C23H22F5N5O2. The number of hydrogen-bond acceptors (Lipinski definition) is 6. The van der Waals surface area contributed by atoms with Crippen LogP contribution in [0.5, 0.6) is 0 Å². The Bertz CT molecular complexity index is 1190. The largest absolute Gasteiger partial charge is 0.416 e. The van der Waals surface area contributed by atoms with Crippen LogP contribution in [-0.2, 0) is 11.0 Å². The molecule has 12 heteroatoms. The molecule has 0 aliphatic carbocycles. The minimum Gasteiger partial charge on any atom is -0.337 e. The van der Waals surface area contributed by atoms with Crippen molar-refractivity contribution in [3.05, 3.63) is 65.6 Å². The lowest BCUT2D eigenvalue weighted by Crippen LogP contribution is -2.49. The smallest absolute Gasteiger partial charge is 0.337 e. The van der Waals surface area contributed by atoms with Gasteiger partial charge in [0.25, 0.3) is 0 Å². The third-order valence-electron chi connectivity index (χ3n) is 5.77. The summed E-state index contributed by atoms with van der Waals surface area (Å²) in [5.41, 5.74) is -0.808. The molecule has 1 aromatic heterocycles. The van der Waals surface area contributed by atoms with E-state index in [-0.39, 0.29) is 35.6 Å². The number of piperazine rings is 1. The molecule has 2 aromatic carbocycles. The molecule has 1 aliphatic rings. The lowest BCUT2D eigenvalue weighted by molar-refractivity contribution is -0.137. The van der Waals surface area contributed by atoms with Gasteiger partial charge in [-0.3, -0.25) is 14.6 Å². The van der Waals surface area contributed by atoms with Gasteiger partial charge >= 0.3 is 6.18 Å². The van der Waals surface area contributed by atoms with E-state index in [0.29, 0.717) is 26.2 Å². The highest BCUT2D eigenvalue weighted by molar-refractivity contribution is 5.92. The molecule has 2 heterocycles. The summed E-state index contributed by atoms with van der Waals surface area (Å²) in [6, 6.07) is 7.26. The number of nitrogens with one attached hydrogen (secondary N) is 1. The summed E-state index contributed by atoms with van der Waals surface area (Å²) < 4.78 is 71.3. The highest BCUT2D eigenvalue weighted by atomic mass is 19.4. The van der Waals surface area contributed by atoms with Crippen molar-refractivity contribution in [1.29, 1.82) is 0 Å². The summed E-state index contributed by atoms with van der Waals surface area (Å²) in [5, 5.41) is 6.21. The van der Waals surface area contributed by atoms with E-state index in [1.807, 2.05) is 16.7 Å². The molecule has 1 atom stereocenters. The zero-order valence-electron chi connectivity index (χ0n) is 18.6. The molecule has 0 radical (unpaired) electrons. The fourth-order valence-corrected chi connectivity index (χ4v) is 3.81. The van der Waals surface area contributed by atoms with E-state index in [1.165, 1.54) is 12.1 Å². The first-order chi connectivity index (χ1) is 16.6. The number of halogens is 5. The Hall–Kier alpha value is -3.38. The van der Waals surface area contributed by atoms with Crippen molar-refractivity contribution in [1.82, 2.24) is 19.9 Å². The maximum atomic E-state index is 13.7. The number of carbonyl (C=O) groups is 1. The average molecular weight is 495 g/mol. The van der Waals surface area contributed by atoms with E-state index in [4.69, 9.17) is 4.52 Å². The molecule has 1 N–H and O–H groups in total. The Morgan fingerprint density at radius 2 is 1.86 bits per heavy atom. The predicted molar refractivity (Wildman–Crippen MR) is 116 cm³/mol. The van der Waals surface area contributed by atoms with Gasteiger partial charge in [0.1, 0.15) is 11.6 Å². The number of benzene rings is 2. The molecule has 0 saturated carbocycles. The molecule has 7 nitrogen and oxygen atoms in total. The van der Waals surface area contributed by atoms with Crippen LogP contribution >= 0.6 is 0 Å². The lowest BCUT2D eigenvalue weighted by atomic mass is 10.1. The molecule has 1 unspecified atom stereocenters. The van der Waals surface area contributed by atoms with Crippen LogP contribution in [0.4, 0.5) is 27.6 Å². The minimum absolute atomic E-state index is 0.0123. The summed E-state index contributed by atoms with van der Waals surface area (Å²) in [6.45, 7) is 4.03. The first kappa shape index (κ1) is 24.7. The topological polar surface area (TPSA) is 74.5 Å². The van der Waals surface area contributed by atoms with Gasteiger partial charge in [-0.05, 0) is 31.2 Å². The molecule has 3 aromatic rings. The van der Waals surface area contributed by atoms with Gasteiger partial charge < -0.3 is 9.84 Å². The monoisotopic (exact) mass is 495 g/mol. The Morgan fingerprint density at radius 3 is 2.57 bits per heavy atom. The molecule has 4 rings (SSSR count). The highest BCUT2D eigenvalue weighted by Crippen LogP contribution is 2.32. The van der Waals surface area contributed by atoms with Crippen LogP contribution in [0, 0.1) is 11.6 Å². The van der Waals surface area contributed by atoms with Gasteiger partial charge in [-0.15, -0.1) is 0 Å². The number of alkyl halides is 3. The van der Waals surface area contributed by atoms with Gasteiger partial charge in [0, 0.05) is 37.8 Å². The number of amides is 1. The van der Waals surface area contributed by atoms with Crippen LogP contribution in [-0.4, -0.2) is 58.6 Å². The first-order valence-electron chi connectivity index (χ1n) is 10.8. The lowest BCUT2D eigenvalue weighted by Gasteiger charge is -2.36. The van der Waals surface area contributed by atoms with Crippen molar-refractivity contribution in [2.45, 2.75) is 19.1 Å². The van der Waals surface area contributed by atoms with Crippen LogP contribution in [0.25, 0.3) is 11.4 Å². The van der Waals surface area contributed by atoms with Crippen LogP contribution in [0.15, 0.2) is 47.0 Å². The summed E-state index contributed by atoms with van der Waals surface area (Å²) in [4.78, 5) is 20.4. The van der Waals surface area contributed by atoms with E-state index >= 15 is 0 Å². The maximum Gasteiger partial charge on any atom is 0.416 e. The van der Waals surface area contributed by atoms with Gasteiger partial charge in [0.2, 0.25) is 17.6 Å². The van der Waals surface area contributed by atoms with E-state index in [0.717, 1.165) is 30.3 Å². The van der Waals surface area contributed by atoms with Crippen molar-refractivity contribution in [3.63, 3.8) is 0 Å². The maximum absolute atomic E-state index is 13.7. The fourth-order valence-electron chi connectivity index (χ4n) is 3.81. The summed E-state index contributed by atoms with van der Waals surface area (Å²) in [7, 11) is 0. The SMILES string of the molecule is CC(c1nc(-c2cccc(C(F)(F)F)c2)no1)N1CCN(CC(=O)Nc2cc(F)ccc2F)CC1. The van der Waals surface area contributed by atoms with Crippen molar-refractivity contribution < 1.29 is 31.3 Å². The molecule has 1 fully saturated rings. The summed E-state index contributed by atoms with van der Waals surface area (Å²) in [5.74, 6) is -1.49. The second kappa shape index (κ2) is 10.1. The number of anilines is 1. The molecule has 0 bridgehead atoms. The van der Waals surface area contributed by atoms with E-state index in [2.05, 4.69) is 15.5 Å². The van der Waals surface area contributed by atoms with E-state index in [9.17, 15) is 26.7 Å². The number of rotatable bonds is 6. The number of hydrogen-bond donors (Lipinski definition) is 1. The zero-order valence-corrected chi connectivity index (χ0v) is 18.6. The van der Waals surface area contributed by atoms with Gasteiger partial charge in [0.15, 0.2) is 0 Å². The Labute approximate surface area is 197 Å². The third kappa shape index (κ3) is 6.01. The average Bonchev–Trinajstić information content (AvgIpc) is 3.31. The Balaban J connectivity index is 1.32. The molecule has 35 heavy (non-hydrogen) atoms.